The average molecular weight is 403 g/mol. The molecule has 0 aromatic rings. The first-order valence-electron chi connectivity index (χ1n) is 14.3. The Morgan fingerprint density at radius 3 is 1.17 bits per heavy atom. The second-order valence-electron chi connectivity index (χ2n) is 11.8. The summed E-state index contributed by atoms with van der Waals surface area (Å²) in [5, 5.41) is 0. The SMILES string of the molecule is C1C2CC3CC1CC(C2)C3.CCCC1CCCCC1.CCCCC1CCCCC1. The van der Waals surface area contributed by atoms with Gasteiger partial charge in [-0.25, -0.2) is 0 Å². The van der Waals surface area contributed by atoms with Crippen molar-refractivity contribution in [2.24, 2.45) is 35.5 Å². The van der Waals surface area contributed by atoms with E-state index in [2.05, 4.69) is 13.8 Å². The summed E-state index contributed by atoms with van der Waals surface area (Å²) in [4.78, 5) is 0. The molecule has 0 spiro atoms. The van der Waals surface area contributed by atoms with Gasteiger partial charge >= 0.3 is 0 Å². The van der Waals surface area contributed by atoms with Crippen LogP contribution in [0.2, 0.25) is 0 Å². The number of unbranched alkanes of at least 4 members (excludes halogenated alkanes) is 1. The fourth-order valence-corrected chi connectivity index (χ4v) is 7.84. The molecule has 29 heavy (non-hydrogen) atoms. The molecule has 0 amide bonds. The average Bonchev–Trinajstić information content (AvgIpc) is 2.74. The van der Waals surface area contributed by atoms with Crippen LogP contribution in [0, 0.1) is 35.5 Å². The molecule has 0 saturated heterocycles. The molecule has 6 aliphatic carbocycles. The summed E-state index contributed by atoms with van der Waals surface area (Å²) in [5.74, 6) is 6.91. The Hall–Kier alpha value is 0. The molecule has 4 bridgehead atoms. The van der Waals surface area contributed by atoms with Crippen LogP contribution in [0.4, 0.5) is 0 Å². The Kier molecular flexibility index (Phi) is 10.9. The van der Waals surface area contributed by atoms with Gasteiger partial charge in [0.05, 0.1) is 0 Å². The molecule has 0 atom stereocenters. The van der Waals surface area contributed by atoms with Gasteiger partial charge in [0, 0.05) is 0 Å². The van der Waals surface area contributed by atoms with Gasteiger partial charge in [-0.15, -0.1) is 0 Å². The van der Waals surface area contributed by atoms with Gasteiger partial charge in [-0.05, 0) is 74.0 Å². The molecule has 0 N–H and O–H groups in total. The third-order valence-corrected chi connectivity index (χ3v) is 9.11. The van der Waals surface area contributed by atoms with Gasteiger partial charge < -0.3 is 0 Å². The van der Waals surface area contributed by atoms with Gasteiger partial charge in [0.25, 0.3) is 0 Å². The van der Waals surface area contributed by atoms with Crippen molar-refractivity contribution in [3.05, 3.63) is 0 Å². The van der Waals surface area contributed by atoms with Crippen LogP contribution in [0.5, 0.6) is 0 Å². The lowest BCUT2D eigenvalue weighted by Crippen LogP contribution is -2.38. The molecule has 6 aliphatic rings. The number of hydrogen-bond acceptors (Lipinski definition) is 0. The van der Waals surface area contributed by atoms with Crippen molar-refractivity contribution < 1.29 is 0 Å². The summed E-state index contributed by atoms with van der Waals surface area (Å²) in [6.45, 7) is 4.59. The minimum absolute atomic E-state index is 1.10. The molecule has 0 aromatic carbocycles. The topological polar surface area (TPSA) is 0 Å². The van der Waals surface area contributed by atoms with Crippen LogP contribution < -0.4 is 0 Å². The monoisotopic (exact) mass is 402 g/mol. The number of rotatable bonds is 5. The Morgan fingerprint density at radius 1 is 0.448 bits per heavy atom. The second kappa shape index (κ2) is 13.4. The van der Waals surface area contributed by atoms with E-state index < -0.39 is 0 Å². The molecular formula is C29H54. The first-order chi connectivity index (χ1) is 14.3. The van der Waals surface area contributed by atoms with Crippen LogP contribution in [0.3, 0.4) is 0 Å². The van der Waals surface area contributed by atoms with Crippen LogP contribution >= 0.6 is 0 Å². The maximum absolute atomic E-state index is 2.30. The Morgan fingerprint density at radius 2 is 0.828 bits per heavy atom. The molecule has 6 saturated carbocycles. The highest BCUT2D eigenvalue weighted by Gasteiger charge is 2.41. The van der Waals surface area contributed by atoms with Gasteiger partial charge in [0.1, 0.15) is 0 Å². The Bertz CT molecular complexity index is 339. The Balaban J connectivity index is 0.000000125. The van der Waals surface area contributed by atoms with E-state index in [9.17, 15) is 0 Å². The summed E-state index contributed by atoms with van der Waals surface area (Å²) in [7, 11) is 0. The van der Waals surface area contributed by atoms with Gasteiger partial charge in [-0.1, -0.05) is 110 Å². The zero-order valence-corrected chi connectivity index (χ0v) is 20.3. The van der Waals surface area contributed by atoms with Crippen molar-refractivity contribution in [1.82, 2.24) is 0 Å². The molecular weight excluding hydrogens is 348 g/mol. The summed E-state index contributed by atoms with van der Waals surface area (Å²) in [6, 6.07) is 0. The zero-order valence-electron chi connectivity index (χ0n) is 20.3. The van der Waals surface area contributed by atoms with E-state index in [1.165, 1.54) is 120 Å². The van der Waals surface area contributed by atoms with Crippen molar-refractivity contribution >= 4 is 0 Å². The smallest absolute Gasteiger partial charge is 0.0406 e. The van der Waals surface area contributed by atoms with E-state index in [-0.39, 0.29) is 0 Å². The van der Waals surface area contributed by atoms with Gasteiger partial charge in [-0.2, -0.15) is 0 Å². The van der Waals surface area contributed by atoms with Crippen LogP contribution in [-0.4, -0.2) is 0 Å². The quantitative estimate of drug-likeness (QED) is 0.429. The first kappa shape index (κ1) is 23.7. The van der Waals surface area contributed by atoms with E-state index in [1.54, 1.807) is 38.5 Å². The van der Waals surface area contributed by atoms with E-state index >= 15 is 0 Å². The highest BCUT2D eigenvalue weighted by molar-refractivity contribution is 4.92. The highest BCUT2D eigenvalue weighted by atomic mass is 14.5. The van der Waals surface area contributed by atoms with E-state index in [0.717, 1.165) is 11.8 Å². The van der Waals surface area contributed by atoms with E-state index in [4.69, 9.17) is 0 Å². The zero-order chi connectivity index (χ0) is 20.3. The minimum atomic E-state index is 1.10. The molecule has 0 heteroatoms. The third-order valence-electron chi connectivity index (χ3n) is 9.11. The van der Waals surface area contributed by atoms with Crippen LogP contribution in [0.15, 0.2) is 0 Å². The van der Waals surface area contributed by atoms with Crippen molar-refractivity contribution in [3.63, 3.8) is 0 Å². The minimum Gasteiger partial charge on any atom is -0.0654 e. The fourth-order valence-electron chi connectivity index (χ4n) is 7.84. The number of hydrogen-bond donors (Lipinski definition) is 0. The standard InChI is InChI=1S/C10H16.C10H20.C9H18/c1-7-2-9-4-8(1)5-10(3-7)6-9;1-2-3-7-10-8-5-4-6-9-10;1-2-6-9-7-4-3-5-8-9/h7-10H,1-6H2;10H,2-9H2,1H3;9H,2-8H2,1H3. The van der Waals surface area contributed by atoms with Crippen molar-refractivity contribution in [3.8, 4) is 0 Å². The Labute approximate surface area is 184 Å². The van der Waals surface area contributed by atoms with E-state index in [1.807, 2.05) is 0 Å². The lowest BCUT2D eigenvalue weighted by Gasteiger charge is -2.49. The van der Waals surface area contributed by atoms with Crippen molar-refractivity contribution in [1.29, 1.82) is 0 Å². The van der Waals surface area contributed by atoms with E-state index in [0.29, 0.717) is 0 Å². The summed E-state index contributed by atoms with van der Waals surface area (Å²) < 4.78 is 0. The molecule has 0 radical (unpaired) electrons. The van der Waals surface area contributed by atoms with Crippen LogP contribution in [0.1, 0.15) is 149 Å². The largest absolute Gasteiger partial charge is 0.0654 e. The third kappa shape index (κ3) is 8.57. The van der Waals surface area contributed by atoms with Crippen molar-refractivity contribution in [2.75, 3.05) is 0 Å². The first-order valence-corrected chi connectivity index (χ1v) is 14.3. The summed E-state index contributed by atoms with van der Waals surface area (Å²) >= 11 is 0. The predicted octanol–water partition coefficient (Wildman–Crippen LogP) is 9.96. The van der Waals surface area contributed by atoms with Gasteiger partial charge in [0.2, 0.25) is 0 Å². The summed E-state index contributed by atoms with van der Waals surface area (Å²) in [6.07, 6.45) is 32.0. The molecule has 6 rings (SSSR count). The second-order valence-corrected chi connectivity index (χ2v) is 11.8. The highest BCUT2D eigenvalue weighted by Crippen LogP contribution is 2.53. The summed E-state index contributed by atoms with van der Waals surface area (Å²) in [5.41, 5.74) is 0. The molecule has 0 nitrogen and oxygen atoms in total. The van der Waals surface area contributed by atoms with Crippen LogP contribution in [0.25, 0.3) is 0 Å². The van der Waals surface area contributed by atoms with Crippen molar-refractivity contribution in [2.45, 2.75) is 149 Å². The molecule has 170 valence electrons. The molecule has 6 fully saturated rings. The van der Waals surface area contributed by atoms with Gasteiger partial charge in [-0.3, -0.25) is 0 Å². The lowest BCUT2D eigenvalue weighted by atomic mass is 9.56. The molecule has 0 unspecified atom stereocenters. The predicted molar refractivity (Wildman–Crippen MR) is 129 cm³/mol. The maximum atomic E-state index is 2.30. The van der Waals surface area contributed by atoms with Gasteiger partial charge in [0.15, 0.2) is 0 Å². The molecule has 0 aliphatic heterocycles. The van der Waals surface area contributed by atoms with Crippen LogP contribution in [-0.2, 0) is 0 Å². The normalized spacial score (nSPS) is 34.1. The maximum Gasteiger partial charge on any atom is -0.0406 e. The fraction of sp³-hybridized carbons (Fsp3) is 1.00. The lowest BCUT2D eigenvalue weighted by molar-refractivity contribution is 0.0198. The molecule has 0 heterocycles. The molecule has 0 aromatic heterocycles.